The Labute approximate surface area is 129 Å². The van der Waals surface area contributed by atoms with Gasteiger partial charge in [0.1, 0.15) is 0 Å². The molecule has 0 aliphatic carbocycles. The van der Waals surface area contributed by atoms with Crippen LogP contribution in [-0.4, -0.2) is 11.0 Å². The molecule has 2 rings (SSSR count). The number of benzene rings is 1. The molecule has 0 aliphatic heterocycles. The Morgan fingerprint density at radius 1 is 1.21 bits per heavy atom. The lowest BCUT2D eigenvalue weighted by Crippen LogP contribution is -2.33. The van der Waals surface area contributed by atoms with Crippen molar-refractivity contribution in [1.29, 1.82) is 0 Å². The number of hydrogen-bond acceptors (Lipinski definition) is 3. The fraction of sp³-hybridized carbons (Fsp3) is 0. The molecule has 0 atom stereocenters. The molecule has 0 saturated carbocycles. The van der Waals surface area contributed by atoms with Crippen molar-refractivity contribution in [2.24, 2.45) is 0 Å². The maximum absolute atomic E-state index is 11.8. The van der Waals surface area contributed by atoms with Crippen LogP contribution in [0.4, 0.5) is 5.69 Å². The summed E-state index contributed by atoms with van der Waals surface area (Å²) in [7, 11) is 0. The standard InChI is InChI=1S/C12H8Cl2N2OS2/c13-7-4-8(14)6-9(5-7)15-12(18)16-11(17)10-2-1-3-19-10/h1-6H,(H2,15,16,17,18). The topological polar surface area (TPSA) is 41.1 Å². The van der Waals surface area contributed by atoms with Crippen molar-refractivity contribution in [3.63, 3.8) is 0 Å². The summed E-state index contributed by atoms with van der Waals surface area (Å²) in [5.74, 6) is -0.249. The summed E-state index contributed by atoms with van der Waals surface area (Å²) >= 11 is 18.1. The second kappa shape index (κ2) is 6.34. The molecule has 0 fully saturated rings. The van der Waals surface area contributed by atoms with Crippen molar-refractivity contribution in [2.45, 2.75) is 0 Å². The Kier molecular flexibility index (Phi) is 4.76. The first-order chi connectivity index (χ1) is 9.04. The minimum absolute atomic E-state index is 0.191. The van der Waals surface area contributed by atoms with E-state index in [9.17, 15) is 4.79 Å². The number of hydrogen-bond donors (Lipinski definition) is 2. The summed E-state index contributed by atoms with van der Waals surface area (Å²) in [4.78, 5) is 12.4. The summed E-state index contributed by atoms with van der Waals surface area (Å²) in [6.07, 6.45) is 0. The number of rotatable bonds is 2. The van der Waals surface area contributed by atoms with Crippen LogP contribution in [-0.2, 0) is 0 Å². The van der Waals surface area contributed by atoms with Crippen LogP contribution in [0.3, 0.4) is 0 Å². The van der Waals surface area contributed by atoms with Gasteiger partial charge in [0, 0.05) is 15.7 Å². The van der Waals surface area contributed by atoms with Gasteiger partial charge in [-0.25, -0.2) is 0 Å². The van der Waals surface area contributed by atoms with Gasteiger partial charge in [-0.1, -0.05) is 29.3 Å². The van der Waals surface area contributed by atoms with Crippen molar-refractivity contribution in [3.8, 4) is 0 Å². The quantitative estimate of drug-likeness (QED) is 0.811. The van der Waals surface area contributed by atoms with Crippen molar-refractivity contribution in [3.05, 3.63) is 50.6 Å². The smallest absolute Gasteiger partial charge is 0.267 e. The molecule has 1 amide bonds. The fourth-order valence-electron chi connectivity index (χ4n) is 1.36. The zero-order valence-electron chi connectivity index (χ0n) is 9.44. The molecule has 0 radical (unpaired) electrons. The maximum atomic E-state index is 11.8. The molecule has 7 heteroatoms. The van der Waals surface area contributed by atoms with Crippen LogP contribution in [0.1, 0.15) is 9.67 Å². The number of thiophene rings is 1. The van der Waals surface area contributed by atoms with E-state index in [1.165, 1.54) is 11.3 Å². The van der Waals surface area contributed by atoms with E-state index >= 15 is 0 Å². The molecule has 98 valence electrons. The van der Waals surface area contributed by atoms with Gasteiger partial charge in [-0.2, -0.15) is 0 Å². The van der Waals surface area contributed by atoms with Gasteiger partial charge in [0.2, 0.25) is 0 Å². The Morgan fingerprint density at radius 2 is 1.89 bits per heavy atom. The summed E-state index contributed by atoms with van der Waals surface area (Å²) in [5.41, 5.74) is 0.619. The summed E-state index contributed by atoms with van der Waals surface area (Å²) in [5, 5.41) is 8.42. The Morgan fingerprint density at radius 3 is 2.47 bits per heavy atom. The molecule has 1 aromatic heterocycles. The molecule has 0 unspecified atom stereocenters. The van der Waals surface area contributed by atoms with E-state index in [4.69, 9.17) is 35.4 Å². The first-order valence-corrected chi connectivity index (χ1v) is 7.21. The van der Waals surface area contributed by atoms with E-state index in [1.807, 2.05) is 5.38 Å². The van der Waals surface area contributed by atoms with Crippen LogP contribution in [0.2, 0.25) is 10.0 Å². The van der Waals surface area contributed by atoms with Crippen molar-refractivity contribution in [1.82, 2.24) is 5.32 Å². The molecular formula is C12H8Cl2N2OS2. The largest absolute Gasteiger partial charge is 0.332 e. The molecular weight excluding hydrogens is 323 g/mol. The predicted molar refractivity (Wildman–Crippen MR) is 84.5 cm³/mol. The van der Waals surface area contributed by atoms with Crippen molar-refractivity contribution < 1.29 is 4.79 Å². The van der Waals surface area contributed by atoms with Gasteiger partial charge < -0.3 is 5.32 Å². The number of amides is 1. The Bertz CT molecular complexity index is 594. The van der Waals surface area contributed by atoms with Crippen molar-refractivity contribution >= 4 is 63.5 Å². The number of anilines is 1. The number of carbonyl (C=O) groups excluding carboxylic acids is 1. The molecule has 0 bridgehead atoms. The highest BCUT2D eigenvalue weighted by Gasteiger charge is 2.09. The van der Waals surface area contributed by atoms with Gasteiger partial charge in [0.25, 0.3) is 5.91 Å². The first kappa shape index (κ1) is 14.3. The third-order valence-electron chi connectivity index (χ3n) is 2.09. The number of halogens is 2. The van der Waals surface area contributed by atoms with Crippen LogP contribution in [0, 0.1) is 0 Å². The van der Waals surface area contributed by atoms with E-state index in [-0.39, 0.29) is 11.0 Å². The molecule has 0 saturated heterocycles. The number of thiocarbonyl (C=S) groups is 1. The fourth-order valence-corrected chi connectivity index (χ4v) is 2.72. The average molecular weight is 331 g/mol. The van der Waals surface area contributed by atoms with E-state index < -0.39 is 0 Å². The first-order valence-electron chi connectivity index (χ1n) is 5.16. The number of carbonyl (C=O) groups is 1. The van der Waals surface area contributed by atoms with Crippen LogP contribution >= 0.6 is 46.8 Å². The minimum Gasteiger partial charge on any atom is -0.332 e. The zero-order valence-corrected chi connectivity index (χ0v) is 12.6. The average Bonchev–Trinajstić information content (AvgIpc) is 2.80. The van der Waals surface area contributed by atoms with Crippen LogP contribution < -0.4 is 10.6 Å². The van der Waals surface area contributed by atoms with Crippen LogP contribution in [0.5, 0.6) is 0 Å². The Hall–Kier alpha value is -1.14. The van der Waals surface area contributed by atoms with E-state index in [0.29, 0.717) is 20.6 Å². The van der Waals surface area contributed by atoms with E-state index in [2.05, 4.69) is 10.6 Å². The van der Waals surface area contributed by atoms with E-state index in [0.717, 1.165) is 0 Å². The van der Waals surface area contributed by atoms with Gasteiger partial charge in [0.05, 0.1) is 4.88 Å². The predicted octanol–water partition coefficient (Wildman–Crippen LogP) is 4.18. The van der Waals surface area contributed by atoms with E-state index in [1.54, 1.807) is 30.3 Å². The van der Waals surface area contributed by atoms with Crippen LogP contribution in [0.15, 0.2) is 35.7 Å². The molecule has 2 N–H and O–H groups in total. The molecule has 2 aromatic rings. The SMILES string of the molecule is O=C(NC(=S)Nc1cc(Cl)cc(Cl)c1)c1cccs1. The summed E-state index contributed by atoms with van der Waals surface area (Å²) in [6.45, 7) is 0. The molecule has 1 heterocycles. The second-order valence-corrected chi connectivity index (χ2v) is 5.77. The number of nitrogens with one attached hydrogen (secondary N) is 2. The highest BCUT2D eigenvalue weighted by Crippen LogP contribution is 2.22. The molecule has 1 aromatic carbocycles. The molecule has 0 spiro atoms. The lowest BCUT2D eigenvalue weighted by Gasteiger charge is -2.09. The van der Waals surface area contributed by atoms with Gasteiger partial charge in [-0.05, 0) is 41.9 Å². The maximum Gasteiger partial charge on any atom is 0.267 e. The lowest BCUT2D eigenvalue weighted by molar-refractivity contribution is 0.0981. The summed E-state index contributed by atoms with van der Waals surface area (Å²) in [6, 6.07) is 8.46. The highest BCUT2D eigenvalue weighted by molar-refractivity contribution is 7.80. The second-order valence-electron chi connectivity index (χ2n) is 3.54. The van der Waals surface area contributed by atoms with Gasteiger partial charge in [-0.15, -0.1) is 11.3 Å². The Balaban J connectivity index is 1.99. The lowest BCUT2D eigenvalue weighted by atomic mass is 10.3. The monoisotopic (exact) mass is 330 g/mol. The van der Waals surface area contributed by atoms with Gasteiger partial charge in [0.15, 0.2) is 5.11 Å². The molecule has 0 aliphatic rings. The third-order valence-corrected chi connectivity index (χ3v) is 3.60. The highest BCUT2D eigenvalue weighted by atomic mass is 35.5. The summed E-state index contributed by atoms with van der Waals surface area (Å²) < 4.78 is 0. The molecule has 3 nitrogen and oxygen atoms in total. The van der Waals surface area contributed by atoms with Crippen molar-refractivity contribution in [2.75, 3.05) is 5.32 Å². The van der Waals surface area contributed by atoms with Crippen LogP contribution in [0.25, 0.3) is 0 Å². The normalized spacial score (nSPS) is 10.0. The third kappa shape index (κ3) is 4.18. The minimum atomic E-state index is -0.249. The molecule has 19 heavy (non-hydrogen) atoms. The van der Waals surface area contributed by atoms with Gasteiger partial charge >= 0.3 is 0 Å². The zero-order chi connectivity index (χ0) is 13.8. The van der Waals surface area contributed by atoms with Gasteiger partial charge in [-0.3, -0.25) is 10.1 Å².